The topological polar surface area (TPSA) is 55.2 Å². The quantitative estimate of drug-likeness (QED) is 0.619. The van der Waals surface area contributed by atoms with E-state index in [2.05, 4.69) is 5.32 Å². The number of rotatable bonds is 2. The second-order valence-electron chi connectivity index (χ2n) is 3.98. The third-order valence-corrected chi connectivity index (χ3v) is 2.94. The fourth-order valence-electron chi connectivity index (χ4n) is 2.11. The Balaban J connectivity index is 2.33. The predicted octanol–water partition coefficient (Wildman–Crippen LogP) is 2.20. The highest BCUT2D eigenvalue weighted by Gasteiger charge is 2.24. The van der Waals surface area contributed by atoms with E-state index in [0.717, 1.165) is 19.4 Å². The lowest BCUT2D eigenvalue weighted by molar-refractivity contribution is -0.387. The molecule has 2 rings (SSSR count). The molecular weight excluding hydrogens is 211 g/mol. The number of piperidine rings is 1. The van der Waals surface area contributed by atoms with E-state index < -0.39 is 16.4 Å². The van der Waals surface area contributed by atoms with E-state index in [1.54, 1.807) is 12.1 Å². The van der Waals surface area contributed by atoms with Gasteiger partial charge in [-0.15, -0.1) is 0 Å². The lowest BCUT2D eigenvalue weighted by Gasteiger charge is -2.23. The van der Waals surface area contributed by atoms with Gasteiger partial charge >= 0.3 is 5.69 Å². The Bertz CT molecular complexity index is 403. The molecule has 0 bridgehead atoms. The van der Waals surface area contributed by atoms with Crippen LogP contribution in [0.5, 0.6) is 0 Å². The number of hydrogen-bond acceptors (Lipinski definition) is 3. The number of nitrogens with zero attached hydrogens (tertiary/aromatic N) is 1. The summed E-state index contributed by atoms with van der Waals surface area (Å²) in [6, 6.07) is 4.39. The zero-order chi connectivity index (χ0) is 11.5. The highest BCUT2D eigenvalue weighted by atomic mass is 19.1. The monoisotopic (exact) mass is 224 g/mol. The maximum Gasteiger partial charge on any atom is 0.305 e. The van der Waals surface area contributed by atoms with Gasteiger partial charge in [0, 0.05) is 12.6 Å². The van der Waals surface area contributed by atoms with E-state index in [0.29, 0.717) is 12.1 Å². The summed E-state index contributed by atoms with van der Waals surface area (Å²) < 4.78 is 13.8. The van der Waals surface area contributed by atoms with Crippen LogP contribution in [-0.4, -0.2) is 18.0 Å². The van der Waals surface area contributed by atoms with Crippen LogP contribution in [0.2, 0.25) is 0 Å². The minimum absolute atomic E-state index is 0.0497. The fourth-order valence-corrected chi connectivity index (χ4v) is 2.11. The van der Waals surface area contributed by atoms with Crippen LogP contribution in [0.3, 0.4) is 0 Å². The Morgan fingerprint density at radius 3 is 2.94 bits per heavy atom. The summed E-state index contributed by atoms with van der Waals surface area (Å²) in [7, 11) is 0. The van der Waals surface area contributed by atoms with Crippen LogP contribution < -0.4 is 5.32 Å². The minimum Gasteiger partial charge on any atom is -0.316 e. The van der Waals surface area contributed by atoms with Crippen molar-refractivity contribution in [2.24, 2.45) is 0 Å². The van der Waals surface area contributed by atoms with Crippen LogP contribution in [0.1, 0.15) is 24.3 Å². The molecule has 1 N–H and O–H groups in total. The molecule has 0 radical (unpaired) electrons. The first-order chi connectivity index (χ1) is 7.70. The maximum atomic E-state index is 13.8. The summed E-state index contributed by atoms with van der Waals surface area (Å²) in [5, 5.41) is 13.8. The smallest absolute Gasteiger partial charge is 0.305 e. The number of halogens is 1. The molecule has 0 aromatic heterocycles. The van der Waals surface area contributed by atoms with Crippen LogP contribution in [-0.2, 0) is 0 Å². The molecule has 4 nitrogen and oxygen atoms in total. The van der Waals surface area contributed by atoms with E-state index in [4.69, 9.17) is 0 Å². The van der Waals surface area contributed by atoms with Crippen LogP contribution in [0.4, 0.5) is 10.1 Å². The van der Waals surface area contributed by atoms with Crippen molar-refractivity contribution in [1.82, 2.24) is 5.32 Å². The molecule has 0 saturated carbocycles. The Labute approximate surface area is 92.6 Å². The Hall–Kier alpha value is -1.49. The molecule has 1 aliphatic heterocycles. The van der Waals surface area contributed by atoms with Crippen molar-refractivity contribution in [3.8, 4) is 0 Å². The Morgan fingerprint density at radius 2 is 2.31 bits per heavy atom. The largest absolute Gasteiger partial charge is 0.316 e. The average molecular weight is 224 g/mol. The molecule has 1 atom stereocenters. The van der Waals surface area contributed by atoms with Gasteiger partial charge in [0.15, 0.2) is 0 Å². The Morgan fingerprint density at radius 1 is 1.50 bits per heavy atom. The van der Waals surface area contributed by atoms with Crippen LogP contribution >= 0.6 is 0 Å². The van der Waals surface area contributed by atoms with E-state index in [-0.39, 0.29) is 5.92 Å². The Kier molecular flexibility index (Phi) is 3.14. The van der Waals surface area contributed by atoms with E-state index >= 15 is 0 Å². The number of benzene rings is 1. The lowest BCUT2D eigenvalue weighted by Crippen LogP contribution is -2.28. The van der Waals surface area contributed by atoms with Crippen molar-refractivity contribution >= 4 is 5.69 Å². The second kappa shape index (κ2) is 4.57. The molecule has 5 heteroatoms. The van der Waals surface area contributed by atoms with Crippen LogP contribution in [0.15, 0.2) is 18.2 Å². The molecule has 1 aromatic rings. The number of hydrogen-bond donors (Lipinski definition) is 1. The van der Waals surface area contributed by atoms with Gasteiger partial charge in [0.2, 0.25) is 5.82 Å². The predicted molar refractivity (Wildman–Crippen MR) is 57.9 cm³/mol. The van der Waals surface area contributed by atoms with E-state index in [9.17, 15) is 14.5 Å². The molecule has 1 heterocycles. The maximum absolute atomic E-state index is 13.8. The summed E-state index contributed by atoms with van der Waals surface area (Å²) in [6.45, 7) is 1.63. The van der Waals surface area contributed by atoms with Gasteiger partial charge in [-0.2, -0.15) is 4.39 Å². The minimum atomic E-state index is -0.679. The number of nitrogens with one attached hydrogen (secondary N) is 1. The number of nitro groups is 1. The first-order valence-corrected chi connectivity index (χ1v) is 5.33. The second-order valence-corrected chi connectivity index (χ2v) is 3.98. The van der Waals surface area contributed by atoms with Gasteiger partial charge < -0.3 is 5.32 Å². The van der Waals surface area contributed by atoms with Crippen molar-refractivity contribution in [1.29, 1.82) is 0 Å². The van der Waals surface area contributed by atoms with Gasteiger partial charge in [0.05, 0.1) is 4.92 Å². The fraction of sp³-hybridized carbons (Fsp3) is 0.455. The molecule has 1 aromatic carbocycles. The first kappa shape index (κ1) is 11.0. The lowest BCUT2D eigenvalue weighted by atomic mass is 9.91. The summed E-state index contributed by atoms with van der Waals surface area (Å²) in [5.41, 5.74) is 0.0319. The van der Waals surface area contributed by atoms with Crippen molar-refractivity contribution < 1.29 is 9.31 Å². The first-order valence-electron chi connectivity index (χ1n) is 5.33. The summed E-state index contributed by atoms with van der Waals surface area (Å²) in [4.78, 5) is 9.94. The van der Waals surface area contributed by atoms with Gasteiger partial charge in [0.25, 0.3) is 0 Å². The van der Waals surface area contributed by atoms with E-state index in [1.165, 1.54) is 6.07 Å². The van der Waals surface area contributed by atoms with Gasteiger partial charge in [-0.05, 0) is 30.9 Å². The molecule has 16 heavy (non-hydrogen) atoms. The molecule has 0 amide bonds. The molecular formula is C11H13FN2O2. The molecule has 86 valence electrons. The van der Waals surface area contributed by atoms with Gasteiger partial charge in [0.1, 0.15) is 0 Å². The standard InChI is InChI=1S/C11H13FN2O2/c12-11-9(8-3-2-6-13-7-8)4-1-5-10(11)14(15)16/h1,4-5,8,13H,2-3,6-7H2. The zero-order valence-electron chi connectivity index (χ0n) is 8.78. The zero-order valence-corrected chi connectivity index (χ0v) is 8.78. The van der Waals surface area contributed by atoms with Crippen molar-refractivity contribution in [2.75, 3.05) is 13.1 Å². The van der Waals surface area contributed by atoms with Crippen molar-refractivity contribution in [2.45, 2.75) is 18.8 Å². The van der Waals surface area contributed by atoms with Gasteiger partial charge in [-0.1, -0.05) is 12.1 Å². The summed E-state index contributed by atoms with van der Waals surface area (Å²) >= 11 is 0. The third-order valence-electron chi connectivity index (χ3n) is 2.94. The molecule has 1 saturated heterocycles. The highest BCUT2D eigenvalue weighted by Crippen LogP contribution is 2.29. The normalized spacial score (nSPS) is 20.7. The summed E-state index contributed by atoms with van der Waals surface area (Å²) in [5.74, 6) is -0.630. The van der Waals surface area contributed by atoms with Gasteiger partial charge in [-0.25, -0.2) is 0 Å². The molecule has 1 unspecified atom stereocenters. The van der Waals surface area contributed by atoms with Crippen LogP contribution in [0.25, 0.3) is 0 Å². The van der Waals surface area contributed by atoms with Crippen LogP contribution in [0, 0.1) is 15.9 Å². The number of nitro benzene ring substituents is 1. The molecule has 0 aliphatic carbocycles. The van der Waals surface area contributed by atoms with E-state index in [1.807, 2.05) is 0 Å². The van der Waals surface area contributed by atoms with Gasteiger partial charge in [-0.3, -0.25) is 10.1 Å². The summed E-state index contributed by atoms with van der Waals surface area (Å²) in [6.07, 6.45) is 1.86. The average Bonchev–Trinajstić information content (AvgIpc) is 2.30. The highest BCUT2D eigenvalue weighted by molar-refractivity contribution is 5.38. The van der Waals surface area contributed by atoms with Crippen molar-refractivity contribution in [3.05, 3.63) is 39.7 Å². The third kappa shape index (κ3) is 2.04. The molecule has 0 spiro atoms. The van der Waals surface area contributed by atoms with Crippen molar-refractivity contribution in [3.63, 3.8) is 0 Å². The molecule has 1 aliphatic rings. The molecule has 1 fully saturated rings. The SMILES string of the molecule is O=[N+]([O-])c1cccc(C2CCCNC2)c1F.